The fourth-order valence-electron chi connectivity index (χ4n) is 5.41. The topological polar surface area (TPSA) is 138 Å². The van der Waals surface area contributed by atoms with Gasteiger partial charge in [-0.3, -0.25) is 24.5 Å². The van der Waals surface area contributed by atoms with E-state index in [0.717, 1.165) is 16.9 Å². The van der Waals surface area contributed by atoms with Crippen LogP contribution in [0.15, 0.2) is 127 Å². The number of carboxylic acid groups (broad SMARTS) is 1. The van der Waals surface area contributed by atoms with Gasteiger partial charge in [-0.15, -0.1) is 22.7 Å². The number of carbonyl (C=O) groups is 1. The maximum absolute atomic E-state index is 10.7. The molecular formula is C40H29N7O2RuS4. The SMILES string of the molecule is CC(C)c1ccnc(-c2cc3c4ccccc4n(-c4ccc(-c5cccs5)s4)c3cn2)c1.O=C(O)c1ccnc(-c2ccccn2)c1.[N-]=C=S.[N-]=C=S.[Ru+2]. The van der Waals surface area contributed by atoms with Crippen LogP contribution < -0.4 is 0 Å². The van der Waals surface area contributed by atoms with Gasteiger partial charge in [0.15, 0.2) is 0 Å². The molecule has 0 fully saturated rings. The van der Waals surface area contributed by atoms with Crippen LogP contribution in [-0.2, 0) is 19.5 Å². The molecule has 0 saturated carbocycles. The molecule has 9 nitrogen and oxygen atoms in total. The summed E-state index contributed by atoms with van der Waals surface area (Å²) < 4.78 is 2.33. The molecule has 0 atom stereocenters. The zero-order chi connectivity index (χ0) is 37.7. The number of hydrogen-bond acceptors (Lipinski definition) is 9. The third-order valence-electron chi connectivity index (χ3n) is 7.78. The number of aromatic carboxylic acids is 1. The van der Waals surface area contributed by atoms with E-state index < -0.39 is 5.97 Å². The molecule has 268 valence electrons. The maximum atomic E-state index is 10.7. The van der Waals surface area contributed by atoms with E-state index in [9.17, 15) is 4.79 Å². The number of hydrogen-bond donors (Lipinski definition) is 1. The van der Waals surface area contributed by atoms with E-state index in [1.807, 2.05) is 29.8 Å². The van der Waals surface area contributed by atoms with Gasteiger partial charge in [-0.1, -0.05) is 68.6 Å². The van der Waals surface area contributed by atoms with E-state index in [1.165, 1.54) is 65.3 Å². The van der Waals surface area contributed by atoms with Gasteiger partial charge in [-0.2, -0.15) is 10.3 Å². The molecule has 0 aliphatic rings. The number of benzene rings is 1. The Morgan fingerprint density at radius 2 is 1.39 bits per heavy atom. The third-order valence-corrected chi connectivity index (χ3v) is 9.92. The summed E-state index contributed by atoms with van der Waals surface area (Å²) in [6.07, 6.45) is 6.99. The second-order valence-electron chi connectivity index (χ2n) is 11.3. The zero-order valence-corrected chi connectivity index (χ0v) is 33.7. The van der Waals surface area contributed by atoms with Crippen LogP contribution in [0.5, 0.6) is 0 Å². The number of nitrogens with zero attached hydrogens (tertiary/aromatic N) is 7. The molecule has 0 aliphatic carbocycles. The molecule has 0 aliphatic heterocycles. The standard InChI is InChI=1S/C27H21N3S2.C11H8N2O2.2CNS.Ru/c1-17(2)18-11-12-28-21(14-18)22-15-20-19-6-3-4-7-23(19)30(24(20)16-29-22)27-10-9-26(32-27)25-8-5-13-31-25;14-11(15)8-4-6-13-10(7-8)9-3-1-2-5-12-9;2*2-1-3;/h3-17H,1-2H3;1-7H,(H,14,15);;;/q;;2*-1;+2. The summed E-state index contributed by atoms with van der Waals surface area (Å²) in [7, 11) is 0. The zero-order valence-electron chi connectivity index (χ0n) is 28.7. The van der Waals surface area contributed by atoms with Crippen LogP contribution in [0.3, 0.4) is 0 Å². The maximum Gasteiger partial charge on any atom is 2.00 e. The Balaban J connectivity index is 0.000000247. The van der Waals surface area contributed by atoms with E-state index in [-0.39, 0.29) is 25.0 Å². The van der Waals surface area contributed by atoms with E-state index in [0.29, 0.717) is 17.3 Å². The quantitative estimate of drug-likeness (QED) is 0.0990. The van der Waals surface area contributed by atoms with Crippen molar-refractivity contribution in [2.45, 2.75) is 19.8 Å². The van der Waals surface area contributed by atoms with Crippen molar-refractivity contribution in [1.29, 1.82) is 0 Å². The Morgan fingerprint density at radius 1 is 0.722 bits per heavy atom. The summed E-state index contributed by atoms with van der Waals surface area (Å²) in [6, 6.07) is 32.1. The molecule has 8 rings (SSSR count). The number of rotatable bonds is 6. The number of aromatic nitrogens is 5. The summed E-state index contributed by atoms with van der Waals surface area (Å²) in [5.74, 6) is -0.506. The van der Waals surface area contributed by atoms with Crippen molar-refractivity contribution in [3.05, 3.63) is 149 Å². The van der Waals surface area contributed by atoms with Gasteiger partial charge in [-0.05, 0) is 83.6 Å². The van der Waals surface area contributed by atoms with Crippen molar-refractivity contribution >= 4 is 85.2 Å². The van der Waals surface area contributed by atoms with Crippen molar-refractivity contribution in [3.8, 4) is 37.5 Å². The second kappa shape index (κ2) is 20.2. The molecule has 0 amide bonds. The van der Waals surface area contributed by atoms with Crippen molar-refractivity contribution in [2.24, 2.45) is 0 Å². The Bertz CT molecular complexity index is 2530. The predicted octanol–water partition coefficient (Wildman–Crippen LogP) is 11.3. The van der Waals surface area contributed by atoms with E-state index in [1.54, 1.807) is 29.7 Å². The molecule has 54 heavy (non-hydrogen) atoms. The Morgan fingerprint density at radius 3 is 2.06 bits per heavy atom. The minimum atomic E-state index is -0.963. The normalized spacial score (nSPS) is 9.98. The second-order valence-corrected chi connectivity index (χ2v) is 13.7. The van der Waals surface area contributed by atoms with E-state index in [4.69, 9.17) is 20.9 Å². The van der Waals surface area contributed by atoms with Crippen molar-refractivity contribution in [3.63, 3.8) is 0 Å². The number of thiophene rings is 2. The molecule has 1 aromatic carbocycles. The average molecular weight is 869 g/mol. The van der Waals surface area contributed by atoms with Gasteiger partial charge in [0.1, 0.15) is 5.00 Å². The van der Waals surface area contributed by atoms with Crippen LogP contribution in [0, 0.1) is 0 Å². The van der Waals surface area contributed by atoms with Gasteiger partial charge in [0.05, 0.1) is 45.6 Å². The van der Waals surface area contributed by atoms with Crippen LogP contribution in [-0.4, -0.2) is 45.9 Å². The Hall–Kier alpha value is -5.29. The third kappa shape index (κ3) is 10.0. The first kappa shape index (κ1) is 41.5. The Labute approximate surface area is 343 Å². The summed E-state index contributed by atoms with van der Waals surface area (Å²) >= 11 is 11.0. The molecule has 0 radical (unpaired) electrons. The number of carboxylic acids is 1. The van der Waals surface area contributed by atoms with Crippen LogP contribution in [0.4, 0.5) is 0 Å². The summed E-state index contributed by atoms with van der Waals surface area (Å²) in [5.41, 5.74) is 6.87. The van der Waals surface area contributed by atoms with Crippen molar-refractivity contribution in [1.82, 2.24) is 24.5 Å². The summed E-state index contributed by atoms with van der Waals surface area (Å²) in [6.45, 7) is 4.41. The molecule has 0 spiro atoms. The largest absolute Gasteiger partial charge is 2.00 e. The number of thiocarbonyl (C=S) groups is 2. The molecule has 0 saturated heterocycles. The summed E-state index contributed by atoms with van der Waals surface area (Å²) in [5, 5.41) is 31.5. The van der Waals surface area contributed by atoms with Crippen molar-refractivity contribution in [2.75, 3.05) is 0 Å². The first-order valence-electron chi connectivity index (χ1n) is 15.9. The fraction of sp³-hybridized carbons (Fsp3) is 0.0750. The van der Waals surface area contributed by atoms with Gasteiger partial charge >= 0.3 is 25.4 Å². The molecular weight excluding hydrogens is 840 g/mol. The van der Waals surface area contributed by atoms with E-state index >= 15 is 0 Å². The number of para-hydroxylation sites is 1. The monoisotopic (exact) mass is 869 g/mol. The fourth-order valence-corrected chi connectivity index (χ4v) is 7.28. The molecule has 8 aromatic rings. The number of pyridine rings is 4. The van der Waals surface area contributed by atoms with Crippen LogP contribution in [0.1, 0.15) is 35.7 Å². The average Bonchev–Trinajstić information content (AvgIpc) is 3.96. The van der Waals surface area contributed by atoms with Gasteiger partial charge in [0.2, 0.25) is 0 Å². The summed E-state index contributed by atoms with van der Waals surface area (Å²) in [4.78, 5) is 30.9. The molecule has 7 aromatic heterocycles. The van der Waals surface area contributed by atoms with Gasteiger partial charge < -0.3 is 15.9 Å². The number of fused-ring (bicyclic) bond motifs is 3. The van der Waals surface area contributed by atoms with Gasteiger partial charge in [-0.25, -0.2) is 4.79 Å². The minimum absolute atomic E-state index is 0. The van der Waals surface area contributed by atoms with Crippen LogP contribution in [0.25, 0.3) is 70.2 Å². The van der Waals surface area contributed by atoms with Crippen LogP contribution >= 0.6 is 47.1 Å². The van der Waals surface area contributed by atoms with Gasteiger partial charge in [0.25, 0.3) is 0 Å². The molecule has 7 heterocycles. The molecule has 1 N–H and O–H groups in total. The van der Waals surface area contributed by atoms with Crippen molar-refractivity contribution < 1.29 is 29.4 Å². The predicted molar refractivity (Wildman–Crippen MR) is 223 cm³/mol. The molecule has 0 bridgehead atoms. The Kier molecular flexibility index (Phi) is 15.5. The molecule has 0 unspecified atom stereocenters. The first-order chi connectivity index (χ1) is 25.8. The van der Waals surface area contributed by atoms with Crippen LogP contribution in [0.2, 0.25) is 0 Å². The van der Waals surface area contributed by atoms with Gasteiger partial charge in [0, 0.05) is 39.1 Å². The minimum Gasteiger partial charge on any atom is -0.753 e. The number of isothiocyanates is 2. The van der Waals surface area contributed by atoms with E-state index in [2.05, 4.69) is 130 Å². The smallest absolute Gasteiger partial charge is 0.753 e. The first-order valence-corrected chi connectivity index (χ1v) is 18.4. The molecule has 14 heteroatoms.